The number of para-hydroxylation sites is 1. The van der Waals surface area contributed by atoms with E-state index in [1.54, 1.807) is 31.2 Å². The number of nitrogens with zero attached hydrogens (tertiary/aromatic N) is 2. The molecule has 0 saturated carbocycles. The topological polar surface area (TPSA) is 100 Å². The van der Waals surface area contributed by atoms with Crippen LogP contribution in [0, 0.1) is 0 Å². The number of nitrogens with two attached hydrogens (primary N) is 1. The summed E-state index contributed by atoms with van der Waals surface area (Å²) in [6, 6.07) is 16.3. The van der Waals surface area contributed by atoms with E-state index in [0.29, 0.717) is 17.9 Å². The van der Waals surface area contributed by atoms with E-state index in [2.05, 4.69) is 15.3 Å². The van der Waals surface area contributed by atoms with Gasteiger partial charge in [-0.3, -0.25) is 9.79 Å². The van der Waals surface area contributed by atoms with Crippen LogP contribution in [0.5, 0.6) is 0 Å². The smallest absolute Gasteiger partial charge is 0.278 e. The first-order valence-corrected chi connectivity index (χ1v) is 7.79. The summed E-state index contributed by atoms with van der Waals surface area (Å²) in [6.45, 7) is 1.92. The van der Waals surface area contributed by atoms with Gasteiger partial charge in [-0.05, 0) is 24.3 Å². The number of anilines is 1. The molecule has 126 valence electrons. The van der Waals surface area contributed by atoms with Crippen LogP contribution >= 0.6 is 0 Å². The molecule has 6 nitrogen and oxygen atoms in total. The number of carbonyl (C=O) groups is 1. The summed E-state index contributed by atoms with van der Waals surface area (Å²) in [4.78, 5) is 21.0. The SMILES string of the molecule is CC(O)=c1ccc(=C2CN=C(N)C(C(=O)Nc3ccccc3)=N2)cc1. The maximum Gasteiger partial charge on any atom is 0.278 e. The number of benzene rings is 2. The Labute approximate surface area is 144 Å². The van der Waals surface area contributed by atoms with Crippen molar-refractivity contribution in [2.75, 3.05) is 11.9 Å². The molecule has 0 aromatic heterocycles. The second kappa shape index (κ2) is 7.00. The molecule has 0 atom stereocenters. The summed E-state index contributed by atoms with van der Waals surface area (Å²) in [7, 11) is 0. The molecule has 0 spiro atoms. The molecule has 0 bridgehead atoms. The number of amides is 1. The van der Waals surface area contributed by atoms with Gasteiger partial charge >= 0.3 is 0 Å². The number of amidine groups is 1. The summed E-state index contributed by atoms with van der Waals surface area (Å²) in [6.07, 6.45) is 0. The van der Waals surface area contributed by atoms with Crippen molar-refractivity contribution in [3.63, 3.8) is 0 Å². The maximum absolute atomic E-state index is 12.4. The van der Waals surface area contributed by atoms with Crippen molar-refractivity contribution in [1.82, 2.24) is 0 Å². The van der Waals surface area contributed by atoms with Crippen LogP contribution in [0.1, 0.15) is 6.92 Å². The van der Waals surface area contributed by atoms with E-state index in [0.717, 1.165) is 10.4 Å². The van der Waals surface area contributed by atoms with Crippen molar-refractivity contribution in [1.29, 1.82) is 0 Å². The van der Waals surface area contributed by atoms with E-state index in [1.807, 2.05) is 30.3 Å². The predicted molar refractivity (Wildman–Crippen MR) is 99.8 cm³/mol. The lowest BCUT2D eigenvalue weighted by Crippen LogP contribution is -2.37. The Hall–Kier alpha value is -3.41. The maximum atomic E-state index is 12.4. The van der Waals surface area contributed by atoms with Gasteiger partial charge in [0.1, 0.15) is 0 Å². The molecule has 0 saturated heterocycles. The van der Waals surface area contributed by atoms with Crippen LogP contribution in [0.25, 0.3) is 11.5 Å². The van der Waals surface area contributed by atoms with Crippen LogP contribution in [0.2, 0.25) is 0 Å². The Morgan fingerprint density at radius 3 is 2.44 bits per heavy atom. The molecule has 0 aliphatic carbocycles. The zero-order valence-electron chi connectivity index (χ0n) is 13.7. The number of aliphatic imine (C=N–C) groups is 2. The second-order valence-corrected chi connectivity index (χ2v) is 5.59. The molecule has 1 aliphatic heterocycles. The lowest BCUT2D eigenvalue weighted by atomic mass is 10.2. The Morgan fingerprint density at radius 2 is 1.80 bits per heavy atom. The molecule has 6 heteroatoms. The van der Waals surface area contributed by atoms with E-state index in [1.165, 1.54) is 0 Å². The highest BCUT2D eigenvalue weighted by Crippen LogP contribution is 2.08. The quantitative estimate of drug-likeness (QED) is 0.762. The Bertz CT molecular complexity index is 964. The molecule has 1 heterocycles. The van der Waals surface area contributed by atoms with Crippen molar-refractivity contribution < 1.29 is 9.90 Å². The summed E-state index contributed by atoms with van der Waals surface area (Å²) in [5, 5.41) is 13.8. The number of rotatable bonds is 2. The molecule has 3 rings (SSSR count). The molecule has 25 heavy (non-hydrogen) atoms. The summed E-state index contributed by atoms with van der Waals surface area (Å²) < 4.78 is 0. The molecular formula is C19H18N4O2. The van der Waals surface area contributed by atoms with Gasteiger partial charge in [-0.15, -0.1) is 0 Å². The average molecular weight is 334 g/mol. The van der Waals surface area contributed by atoms with E-state index in [-0.39, 0.29) is 17.3 Å². The van der Waals surface area contributed by atoms with Gasteiger partial charge < -0.3 is 16.2 Å². The zero-order chi connectivity index (χ0) is 17.8. The minimum absolute atomic E-state index is 0.0964. The monoisotopic (exact) mass is 334 g/mol. The third kappa shape index (κ3) is 3.74. The zero-order valence-corrected chi connectivity index (χ0v) is 13.7. The molecule has 2 aromatic carbocycles. The van der Waals surface area contributed by atoms with Gasteiger partial charge in [0.05, 0.1) is 18.0 Å². The molecule has 4 N–H and O–H groups in total. The second-order valence-electron chi connectivity index (χ2n) is 5.59. The van der Waals surface area contributed by atoms with Gasteiger partial charge in [-0.25, -0.2) is 4.99 Å². The van der Waals surface area contributed by atoms with Gasteiger partial charge in [0, 0.05) is 10.9 Å². The first kappa shape index (κ1) is 16.4. The third-order valence-electron chi connectivity index (χ3n) is 3.77. The molecule has 2 aromatic rings. The standard InChI is InChI=1S/C19H18N4O2/c1-12(24)13-7-9-14(10-8-13)16-11-21-18(20)17(23-16)19(25)22-15-5-3-2-4-6-15/h2-10,24H,11H2,1H3,(H2,20,21)(H,22,25). The van der Waals surface area contributed by atoms with Crippen LogP contribution in [-0.2, 0) is 4.79 Å². The highest BCUT2D eigenvalue weighted by Gasteiger charge is 2.20. The van der Waals surface area contributed by atoms with E-state index in [4.69, 9.17) is 5.73 Å². The van der Waals surface area contributed by atoms with Crippen molar-refractivity contribution in [3.05, 3.63) is 65.0 Å². The largest absolute Gasteiger partial charge is 0.512 e. The summed E-state index contributed by atoms with van der Waals surface area (Å²) in [5.41, 5.74) is 7.25. The van der Waals surface area contributed by atoms with Gasteiger partial charge in [0.25, 0.3) is 5.91 Å². The van der Waals surface area contributed by atoms with Crippen molar-refractivity contribution >= 4 is 34.6 Å². The number of nitrogens with one attached hydrogen (secondary N) is 1. The van der Waals surface area contributed by atoms with E-state index >= 15 is 0 Å². The Morgan fingerprint density at radius 1 is 1.12 bits per heavy atom. The molecule has 0 radical (unpaired) electrons. The molecular weight excluding hydrogens is 316 g/mol. The van der Waals surface area contributed by atoms with Gasteiger partial charge in [0.15, 0.2) is 11.5 Å². The van der Waals surface area contributed by atoms with E-state index in [9.17, 15) is 9.90 Å². The predicted octanol–water partition coefficient (Wildman–Crippen LogP) is 0.931. The summed E-state index contributed by atoms with van der Waals surface area (Å²) >= 11 is 0. The van der Waals surface area contributed by atoms with E-state index < -0.39 is 5.91 Å². The van der Waals surface area contributed by atoms with Gasteiger partial charge in [0.2, 0.25) is 0 Å². The van der Waals surface area contributed by atoms with Crippen LogP contribution in [0.4, 0.5) is 5.69 Å². The van der Waals surface area contributed by atoms with Crippen LogP contribution < -0.4 is 21.5 Å². The lowest BCUT2D eigenvalue weighted by molar-refractivity contribution is -0.110. The minimum atomic E-state index is -0.402. The average Bonchev–Trinajstić information content (AvgIpc) is 2.63. The fraction of sp³-hybridized carbons (Fsp3) is 0.105. The highest BCUT2D eigenvalue weighted by molar-refractivity contribution is 6.68. The van der Waals surface area contributed by atoms with Crippen LogP contribution in [0.15, 0.2) is 64.6 Å². The van der Waals surface area contributed by atoms with Crippen molar-refractivity contribution in [2.24, 2.45) is 15.7 Å². The molecule has 1 aliphatic rings. The number of aliphatic hydroxyl groups excluding tert-OH is 1. The fourth-order valence-electron chi connectivity index (χ4n) is 2.40. The van der Waals surface area contributed by atoms with Crippen LogP contribution in [0.3, 0.4) is 0 Å². The minimum Gasteiger partial charge on any atom is -0.512 e. The molecule has 0 unspecified atom stereocenters. The normalized spacial score (nSPS) is 13.7. The Kier molecular flexibility index (Phi) is 4.61. The number of aliphatic hydroxyl groups is 1. The van der Waals surface area contributed by atoms with Crippen molar-refractivity contribution in [3.8, 4) is 0 Å². The fourth-order valence-corrected chi connectivity index (χ4v) is 2.40. The lowest BCUT2D eigenvalue weighted by Gasteiger charge is -2.13. The number of hydrogen-bond acceptors (Lipinski definition) is 5. The third-order valence-corrected chi connectivity index (χ3v) is 3.77. The van der Waals surface area contributed by atoms with Crippen molar-refractivity contribution in [2.45, 2.75) is 6.92 Å². The van der Waals surface area contributed by atoms with Gasteiger partial charge in [-0.2, -0.15) is 0 Å². The van der Waals surface area contributed by atoms with Gasteiger partial charge in [-0.1, -0.05) is 42.5 Å². The molecule has 0 fully saturated rings. The Balaban J connectivity index is 1.95. The first-order chi connectivity index (χ1) is 12.0. The number of hydrogen-bond donors (Lipinski definition) is 3. The number of carbonyl (C=O) groups excluding carboxylic acids is 1. The molecule has 1 amide bonds. The highest BCUT2D eigenvalue weighted by atomic mass is 16.3. The van der Waals surface area contributed by atoms with Crippen LogP contribution in [-0.4, -0.2) is 29.1 Å². The summed E-state index contributed by atoms with van der Waals surface area (Å²) in [5.74, 6) is -0.0389. The first-order valence-electron chi connectivity index (χ1n) is 7.79.